The van der Waals surface area contributed by atoms with Crippen LogP contribution in [0, 0.1) is 13.8 Å². The van der Waals surface area contributed by atoms with E-state index in [4.69, 9.17) is 14.2 Å². The molecule has 0 bridgehead atoms. The van der Waals surface area contributed by atoms with Crippen LogP contribution in [-0.4, -0.2) is 41.5 Å². The van der Waals surface area contributed by atoms with Crippen molar-refractivity contribution in [3.05, 3.63) is 70.9 Å². The molecule has 1 saturated carbocycles. The van der Waals surface area contributed by atoms with Crippen molar-refractivity contribution in [3.63, 3.8) is 0 Å². The Labute approximate surface area is 253 Å². The van der Waals surface area contributed by atoms with Gasteiger partial charge in [-0.25, -0.2) is 8.42 Å². The van der Waals surface area contributed by atoms with Gasteiger partial charge in [0.1, 0.15) is 11.3 Å². The lowest BCUT2D eigenvalue weighted by atomic mass is 9.92. The van der Waals surface area contributed by atoms with Gasteiger partial charge in [0.05, 0.1) is 23.7 Å². The van der Waals surface area contributed by atoms with E-state index in [0.29, 0.717) is 35.7 Å². The fourth-order valence-corrected chi connectivity index (χ4v) is 7.08. The van der Waals surface area contributed by atoms with Crippen LogP contribution in [0.25, 0.3) is 11.3 Å². The van der Waals surface area contributed by atoms with E-state index in [9.17, 15) is 13.2 Å². The summed E-state index contributed by atoms with van der Waals surface area (Å²) in [4.78, 5) is 20.7. The van der Waals surface area contributed by atoms with Crippen LogP contribution in [0.5, 0.6) is 0 Å². The minimum atomic E-state index is -4.03. The number of benzene rings is 1. The van der Waals surface area contributed by atoms with Gasteiger partial charge < -0.3 is 19.5 Å². The highest BCUT2D eigenvalue weighted by atomic mass is 32.2. The van der Waals surface area contributed by atoms with Crippen molar-refractivity contribution >= 4 is 21.7 Å². The minimum Gasteiger partial charge on any atom is -0.377 e. The number of amides is 1. The molecule has 2 aliphatic rings. The van der Waals surface area contributed by atoms with E-state index in [1.165, 1.54) is 0 Å². The summed E-state index contributed by atoms with van der Waals surface area (Å²) >= 11 is 0. The number of aryl methyl sites for hydroxylation is 1. The van der Waals surface area contributed by atoms with E-state index >= 15 is 0 Å². The zero-order valence-corrected chi connectivity index (χ0v) is 26.2. The third-order valence-corrected chi connectivity index (χ3v) is 9.80. The highest BCUT2D eigenvalue weighted by Crippen LogP contribution is 2.37. The lowest BCUT2D eigenvalue weighted by Crippen LogP contribution is -2.57. The molecule has 3 aromatic rings. The molecule has 2 N–H and O–H groups in total. The molecule has 230 valence electrons. The number of nitrogens with zero attached hydrogens (tertiary/aromatic N) is 3. The Morgan fingerprint density at radius 2 is 1.93 bits per heavy atom. The SMILES string of the molecule is CCCCC1=CNC2(CCCC2)C(=O)N1Cc1cnc(-c2ccccc2S(=O)(=O)Nc2noc(C)c2C)c(COCC)c1. The Balaban J connectivity index is 1.50. The van der Waals surface area contributed by atoms with Crippen LogP contribution in [0.2, 0.25) is 0 Å². The van der Waals surface area contributed by atoms with E-state index in [2.05, 4.69) is 22.1 Å². The Kier molecular flexibility index (Phi) is 9.22. The third-order valence-electron chi connectivity index (χ3n) is 8.41. The third kappa shape index (κ3) is 6.33. The van der Waals surface area contributed by atoms with Gasteiger partial charge in [0.25, 0.3) is 15.9 Å². The van der Waals surface area contributed by atoms with Crippen LogP contribution in [0.4, 0.5) is 5.82 Å². The topological polar surface area (TPSA) is 127 Å². The lowest BCUT2D eigenvalue weighted by Gasteiger charge is -2.40. The van der Waals surface area contributed by atoms with E-state index < -0.39 is 15.6 Å². The van der Waals surface area contributed by atoms with Crippen LogP contribution in [0.3, 0.4) is 0 Å². The van der Waals surface area contributed by atoms with Gasteiger partial charge in [0.15, 0.2) is 5.82 Å². The van der Waals surface area contributed by atoms with Crippen LogP contribution in [-0.2, 0) is 32.7 Å². The molecule has 1 fully saturated rings. The van der Waals surface area contributed by atoms with Gasteiger partial charge in [0, 0.05) is 41.4 Å². The fraction of sp³-hybridized carbons (Fsp3) is 0.469. The van der Waals surface area contributed by atoms with Gasteiger partial charge in [-0.15, -0.1) is 0 Å². The normalized spacial score (nSPS) is 16.4. The van der Waals surface area contributed by atoms with Gasteiger partial charge in [-0.3, -0.25) is 14.5 Å². The molecule has 2 aromatic heterocycles. The monoisotopic (exact) mass is 607 g/mol. The molecule has 0 saturated heterocycles. The van der Waals surface area contributed by atoms with E-state index in [1.54, 1.807) is 44.3 Å². The molecule has 0 unspecified atom stereocenters. The first-order valence-electron chi connectivity index (χ1n) is 15.1. The minimum absolute atomic E-state index is 0.0679. The van der Waals surface area contributed by atoms with Crippen molar-refractivity contribution in [2.45, 2.75) is 96.2 Å². The predicted octanol–water partition coefficient (Wildman–Crippen LogP) is 5.97. The summed E-state index contributed by atoms with van der Waals surface area (Å²) in [7, 11) is -4.03. The zero-order chi connectivity index (χ0) is 30.6. The van der Waals surface area contributed by atoms with Gasteiger partial charge in [-0.1, -0.05) is 49.5 Å². The second-order valence-corrected chi connectivity index (χ2v) is 13.0. The summed E-state index contributed by atoms with van der Waals surface area (Å²) in [6.07, 6.45) is 10.3. The highest BCUT2D eigenvalue weighted by Gasteiger charge is 2.46. The van der Waals surface area contributed by atoms with Crippen molar-refractivity contribution in [1.29, 1.82) is 0 Å². The lowest BCUT2D eigenvalue weighted by molar-refractivity contribution is -0.137. The summed E-state index contributed by atoms with van der Waals surface area (Å²) in [6, 6.07) is 8.72. The van der Waals surface area contributed by atoms with Crippen LogP contribution >= 0.6 is 0 Å². The summed E-state index contributed by atoms with van der Waals surface area (Å²) in [5.74, 6) is 0.810. The molecule has 0 radical (unpaired) electrons. The van der Waals surface area contributed by atoms with E-state index in [0.717, 1.165) is 61.8 Å². The molecule has 43 heavy (non-hydrogen) atoms. The number of aromatic nitrogens is 2. The molecule has 1 amide bonds. The maximum Gasteiger partial charge on any atom is 0.263 e. The number of hydrogen-bond donors (Lipinski definition) is 2. The van der Waals surface area contributed by atoms with Crippen molar-refractivity contribution in [3.8, 4) is 11.3 Å². The number of carbonyl (C=O) groups excluding carboxylic acids is 1. The van der Waals surface area contributed by atoms with Crippen molar-refractivity contribution < 1.29 is 22.5 Å². The molecule has 1 spiro atoms. The average Bonchev–Trinajstić information content (AvgIpc) is 3.61. The standard InChI is InChI=1S/C32H41N5O5S/c1-5-7-12-26-19-34-32(15-10-11-16-32)31(38)37(26)20-24-17-25(21-41-6-2)29(33-18-24)27-13-8-9-14-28(27)43(39,40)36-30-22(3)23(4)42-35-30/h8-9,13-14,17-19,34H,5-7,10-12,15-16,20-21H2,1-4H3,(H,35,36). The first kappa shape index (κ1) is 30.7. The number of ether oxygens (including phenoxy) is 1. The quantitative estimate of drug-likeness (QED) is 0.258. The Hall–Kier alpha value is -3.70. The first-order chi connectivity index (χ1) is 20.7. The first-order valence-corrected chi connectivity index (χ1v) is 16.6. The van der Waals surface area contributed by atoms with Crippen molar-refractivity contribution in [2.75, 3.05) is 11.3 Å². The molecule has 1 aliphatic carbocycles. The second-order valence-electron chi connectivity index (χ2n) is 11.4. The van der Waals surface area contributed by atoms with Crippen LogP contribution < -0.4 is 10.0 Å². The summed E-state index contributed by atoms with van der Waals surface area (Å²) in [6.45, 7) is 8.64. The number of nitrogens with one attached hydrogen (secondary N) is 2. The average molecular weight is 608 g/mol. The maximum absolute atomic E-state index is 13.9. The van der Waals surface area contributed by atoms with E-state index in [1.807, 2.05) is 24.1 Å². The predicted molar refractivity (Wildman–Crippen MR) is 164 cm³/mol. The molecule has 11 heteroatoms. The number of rotatable bonds is 12. The number of hydrogen-bond acceptors (Lipinski definition) is 8. The van der Waals surface area contributed by atoms with Crippen molar-refractivity contribution in [2.24, 2.45) is 0 Å². The number of pyridine rings is 1. The summed E-state index contributed by atoms with van der Waals surface area (Å²) in [5.41, 5.74) is 3.63. The molecule has 1 aromatic carbocycles. The fourth-order valence-electron chi connectivity index (χ4n) is 5.81. The molecule has 1 aliphatic heterocycles. The van der Waals surface area contributed by atoms with E-state index in [-0.39, 0.29) is 23.2 Å². The zero-order valence-electron chi connectivity index (χ0n) is 25.4. The van der Waals surface area contributed by atoms with Crippen LogP contribution in [0.1, 0.15) is 81.2 Å². The highest BCUT2D eigenvalue weighted by molar-refractivity contribution is 7.92. The maximum atomic E-state index is 13.9. The molecule has 3 heterocycles. The number of carbonyl (C=O) groups is 1. The Morgan fingerprint density at radius 3 is 2.63 bits per heavy atom. The molecule has 5 rings (SSSR count). The number of anilines is 1. The molecular weight excluding hydrogens is 566 g/mol. The Bertz CT molecular complexity index is 1610. The van der Waals surface area contributed by atoms with Gasteiger partial charge in [0.2, 0.25) is 0 Å². The summed E-state index contributed by atoms with van der Waals surface area (Å²) < 4.78 is 40.7. The number of unbranched alkanes of at least 4 members (excludes halogenated alkanes) is 1. The summed E-state index contributed by atoms with van der Waals surface area (Å²) in [5, 5.41) is 7.34. The van der Waals surface area contributed by atoms with Gasteiger partial charge >= 0.3 is 0 Å². The second kappa shape index (κ2) is 12.9. The molecule has 10 nitrogen and oxygen atoms in total. The van der Waals surface area contributed by atoms with Gasteiger partial charge in [-0.2, -0.15) is 0 Å². The number of sulfonamides is 1. The largest absolute Gasteiger partial charge is 0.377 e. The van der Waals surface area contributed by atoms with Gasteiger partial charge in [-0.05, 0) is 64.2 Å². The molecular formula is C32H41N5O5S. The smallest absolute Gasteiger partial charge is 0.263 e. The Morgan fingerprint density at radius 1 is 1.16 bits per heavy atom. The van der Waals surface area contributed by atoms with Crippen LogP contribution in [0.15, 0.2) is 57.8 Å². The van der Waals surface area contributed by atoms with Crippen molar-refractivity contribution in [1.82, 2.24) is 20.4 Å². The molecule has 0 atom stereocenters. The number of allylic oxidation sites excluding steroid dienone is 1.